The highest BCUT2D eigenvalue weighted by Crippen LogP contribution is 2.37. The minimum atomic E-state index is -1.32. The molecule has 4 rings (SSSR count). The summed E-state index contributed by atoms with van der Waals surface area (Å²) in [6.45, 7) is 2.29. The van der Waals surface area contributed by atoms with E-state index < -0.39 is 41.0 Å². The van der Waals surface area contributed by atoms with Gasteiger partial charge in [-0.2, -0.15) is 5.10 Å². The summed E-state index contributed by atoms with van der Waals surface area (Å²) in [5, 5.41) is 4.22. The van der Waals surface area contributed by atoms with E-state index in [4.69, 9.17) is 4.74 Å². The molecule has 0 bridgehead atoms. The van der Waals surface area contributed by atoms with Crippen LogP contribution in [0, 0.1) is 17.5 Å². The van der Waals surface area contributed by atoms with Gasteiger partial charge in [0.15, 0.2) is 17.5 Å². The van der Waals surface area contributed by atoms with E-state index in [9.17, 15) is 18.0 Å². The Morgan fingerprint density at radius 2 is 2.04 bits per heavy atom. The van der Waals surface area contributed by atoms with Gasteiger partial charge in [-0.15, -0.1) is 0 Å². The van der Waals surface area contributed by atoms with Gasteiger partial charge in [0.25, 0.3) is 0 Å². The van der Waals surface area contributed by atoms with Gasteiger partial charge in [0.1, 0.15) is 11.8 Å². The van der Waals surface area contributed by atoms with Crippen molar-refractivity contribution >= 4 is 17.5 Å². The van der Waals surface area contributed by atoms with E-state index in [1.54, 1.807) is 24.9 Å². The van der Waals surface area contributed by atoms with E-state index in [1.807, 2.05) is 0 Å². The average Bonchev–Trinajstić information content (AvgIpc) is 3.23. The number of aromatic nitrogens is 2. The van der Waals surface area contributed by atoms with Crippen molar-refractivity contribution in [2.24, 2.45) is 7.05 Å². The first-order chi connectivity index (χ1) is 12.4. The zero-order chi connectivity index (χ0) is 18.6. The number of carbonyl (C=O) groups excluding carboxylic acids is 1. The molecular formula is C17H17F3N4O2. The Kier molecular flexibility index (Phi) is 3.82. The van der Waals surface area contributed by atoms with Crippen LogP contribution in [0.3, 0.4) is 0 Å². The van der Waals surface area contributed by atoms with E-state index >= 15 is 0 Å². The van der Waals surface area contributed by atoms with Crippen molar-refractivity contribution in [1.29, 1.82) is 0 Å². The first-order valence-electron chi connectivity index (χ1n) is 8.31. The average molecular weight is 366 g/mol. The fourth-order valence-corrected chi connectivity index (χ4v) is 3.44. The summed E-state index contributed by atoms with van der Waals surface area (Å²) >= 11 is 0. The second-order valence-corrected chi connectivity index (χ2v) is 6.51. The standard InChI is InChI=1S/C17H17F3N4O2/c1-3-10-7-24(17(25)26-10)13-4-11(18)16(15(20)14(13)19)23-6-9-5-22(2)21-12(9)8-23/h4-5,10H,3,6-8H2,1-2H3/t10-/m0/s1. The van der Waals surface area contributed by atoms with Gasteiger partial charge in [-0.3, -0.25) is 9.58 Å². The molecule has 138 valence electrons. The topological polar surface area (TPSA) is 50.6 Å². The van der Waals surface area contributed by atoms with Crippen molar-refractivity contribution in [2.75, 3.05) is 16.3 Å². The minimum Gasteiger partial charge on any atom is -0.444 e. The molecule has 2 aromatic rings. The lowest BCUT2D eigenvalue weighted by Crippen LogP contribution is -2.27. The molecule has 26 heavy (non-hydrogen) atoms. The molecule has 1 fully saturated rings. The van der Waals surface area contributed by atoms with Crippen molar-refractivity contribution in [2.45, 2.75) is 32.5 Å². The van der Waals surface area contributed by atoms with Crippen LogP contribution in [0.4, 0.5) is 29.3 Å². The molecule has 2 aliphatic rings. The number of rotatable bonds is 3. The summed E-state index contributed by atoms with van der Waals surface area (Å²) in [5.41, 5.74) is 0.640. The van der Waals surface area contributed by atoms with E-state index in [-0.39, 0.29) is 19.6 Å². The predicted molar refractivity (Wildman–Crippen MR) is 87.3 cm³/mol. The molecular weight excluding hydrogens is 349 g/mol. The lowest BCUT2D eigenvalue weighted by atomic mass is 10.2. The van der Waals surface area contributed by atoms with E-state index in [2.05, 4.69) is 5.10 Å². The molecule has 3 heterocycles. The van der Waals surface area contributed by atoms with Crippen molar-refractivity contribution in [3.63, 3.8) is 0 Å². The Morgan fingerprint density at radius 3 is 2.69 bits per heavy atom. The van der Waals surface area contributed by atoms with Crippen LogP contribution in [0.1, 0.15) is 24.6 Å². The van der Waals surface area contributed by atoms with Gasteiger partial charge < -0.3 is 9.64 Å². The molecule has 9 heteroatoms. The molecule has 1 atom stereocenters. The Hall–Kier alpha value is -2.71. The number of cyclic esters (lactones) is 1. The molecule has 0 radical (unpaired) electrons. The van der Waals surface area contributed by atoms with Gasteiger partial charge in [0.05, 0.1) is 24.5 Å². The van der Waals surface area contributed by atoms with Crippen molar-refractivity contribution in [3.8, 4) is 0 Å². The summed E-state index contributed by atoms with van der Waals surface area (Å²) in [6.07, 6.45) is 1.07. The van der Waals surface area contributed by atoms with Crippen LogP contribution in [0.5, 0.6) is 0 Å². The summed E-state index contributed by atoms with van der Waals surface area (Å²) in [5.74, 6) is -3.51. The molecule has 0 aliphatic carbocycles. The Morgan fingerprint density at radius 1 is 1.27 bits per heavy atom. The van der Waals surface area contributed by atoms with E-state index in [0.29, 0.717) is 12.1 Å². The van der Waals surface area contributed by atoms with E-state index in [0.717, 1.165) is 16.5 Å². The van der Waals surface area contributed by atoms with Crippen molar-refractivity contribution < 1.29 is 22.7 Å². The van der Waals surface area contributed by atoms with Crippen LogP contribution in [-0.2, 0) is 24.9 Å². The van der Waals surface area contributed by atoms with Crippen molar-refractivity contribution in [3.05, 3.63) is 41.0 Å². The SMILES string of the molecule is CC[C@H]1CN(c2cc(F)c(N3Cc4cn(C)nc4C3)c(F)c2F)C(=O)O1. The number of ether oxygens (including phenoxy) is 1. The Bertz CT molecular complexity index is 875. The van der Waals surface area contributed by atoms with Gasteiger partial charge in [-0.05, 0) is 6.42 Å². The zero-order valence-electron chi connectivity index (χ0n) is 14.3. The summed E-state index contributed by atoms with van der Waals surface area (Å²) < 4.78 is 50.6. The van der Waals surface area contributed by atoms with Crippen LogP contribution in [0.25, 0.3) is 0 Å². The molecule has 0 N–H and O–H groups in total. The first-order valence-corrected chi connectivity index (χ1v) is 8.31. The molecule has 0 saturated carbocycles. The number of aryl methyl sites for hydroxylation is 1. The number of carbonyl (C=O) groups is 1. The third-order valence-electron chi connectivity index (χ3n) is 4.75. The smallest absolute Gasteiger partial charge is 0.414 e. The van der Waals surface area contributed by atoms with Crippen LogP contribution >= 0.6 is 0 Å². The molecule has 0 spiro atoms. The van der Waals surface area contributed by atoms with Gasteiger partial charge in [0, 0.05) is 31.4 Å². The fraction of sp³-hybridized carbons (Fsp3) is 0.412. The highest BCUT2D eigenvalue weighted by molar-refractivity contribution is 5.90. The number of halogens is 3. The van der Waals surface area contributed by atoms with Crippen LogP contribution in [0.2, 0.25) is 0 Å². The monoisotopic (exact) mass is 366 g/mol. The van der Waals surface area contributed by atoms with Crippen LogP contribution in [-0.4, -0.2) is 28.5 Å². The van der Waals surface area contributed by atoms with Gasteiger partial charge >= 0.3 is 6.09 Å². The maximum atomic E-state index is 14.7. The second kappa shape index (κ2) is 5.93. The predicted octanol–water partition coefficient (Wildman–Crippen LogP) is 3.09. The lowest BCUT2D eigenvalue weighted by Gasteiger charge is -2.22. The Balaban J connectivity index is 1.68. The van der Waals surface area contributed by atoms with Gasteiger partial charge in [0.2, 0.25) is 0 Å². The number of hydrogen-bond acceptors (Lipinski definition) is 4. The fourth-order valence-electron chi connectivity index (χ4n) is 3.44. The zero-order valence-corrected chi connectivity index (χ0v) is 14.3. The number of nitrogens with zero attached hydrogens (tertiary/aromatic N) is 4. The minimum absolute atomic E-state index is 0.0597. The molecule has 0 unspecified atom stereocenters. The van der Waals surface area contributed by atoms with E-state index in [1.165, 1.54) is 4.90 Å². The summed E-state index contributed by atoms with van der Waals surface area (Å²) in [7, 11) is 1.76. The number of amides is 1. The molecule has 1 saturated heterocycles. The quantitative estimate of drug-likeness (QED) is 0.784. The summed E-state index contributed by atoms with van der Waals surface area (Å²) in [6, 6.07) is 0.851. The van der Waals surface area contributed by atoms with Gasteiger partial charge in [-0.25, -0.2) is 18.0 Å². The number of hydrogen-bond donors (Lipinski definition) is 0. The molecule has 1 aromatic heterocycles. The highest BCUT2D eigenvalue weighted by atomic mass is 19.2. The number of fused-ring (bicyclic) bond motifs is 1. The molecule has 1 amide bonds. The number of anilines is 2. The second-order valence-electron chi connectivity index (χ2n) is 6.51. The molecule has 2 aliphatic heterocycles. The van der Waals surface area contributed by atoms with Crippen molar-refractivity contribution in [1.82, 2.24) is 9.78 Å². The largest absolute Gasteiger partial charge is 0.444 e. The Labute approximate surface area is 147 Å². The number of benzene rings is 1. The normalized spacial score (nSPS) is 19.3. The highest BCUT2D eigenvalue weighted by Gasteiger charge is 2.36. The summed E-state index contributed by atoms with van der Waals surface area (Å²) in [4.78, 5) is 14.2. The van der Waals surface area contributed by atoms with Crippen LogP contribution < -0.4 is 9.80 Å². The maximum Gasteiger partial charge on any atom is 0.414 e. The third-order valence-corrected chi connectivity index (χ3v) is 4.75. The molecule has 6 nitrogen and oxygen atoms in total. The molecule has 1 aromatic carbocycles. The third kappa shape index (κ3) is 2.49. The first kappa shape index (κ1) is 16.7. The van der Waals surface area contributed by atoms with Gasteiger partial charge in [-0.1, -0.05) is 6.92 Å². The maximum absolute atomic E-state index is 14.7. The van der Waals surface area contributed by atoms with Crippen LogP contribution in [0.15, 0.2) is 12.3 Å². The lowest BCUT2D eigenvalue weighted by molar-refractivity contribution is 0.139.